The van der Waals surface area contributed by atoms with E-state index in [4.69, 9.17) is 9.47 Å². The first kappa shape index (κ1) is 22.6. The minimum atomic E-state index is -0.918. The van der Waals surface area contributed by atoms with Crippen LogP contribution < -0.4 is 15.0 Å². The predicted molar refractivity (Wildman–Crippen MR) is 123 cm³/mol. The van der Waals surface area contributed by atoms with E-state index < -0.39 is 18.0 Å². The van der Waals surface area contributed by atoms with Gasteiger partial charge < -0.3 is 19.7 Å². The molecule has 9 nitrogen and oxygen atoms in total. The van der Waals surface area contributed by atoms with Crippen LogP contribution in [0.1, 0.15) is 16.8 Å². The smallest absolute Gasteiger partial charge is 0.342 e. The van der Waals surface area contributed by atoms with E-state index in [1.165, 1.54) is 23.4 Å². The number of pyridine rings is 1. The van der Waals surface area contributed by atoms with Crippen molar-refractivity contribution >= 4 is 17.6 Å². The first-order valence-corrected chi connectivity index (χ1v) is 11.1. The van der Waals surface area contributed by atoms with Crippen molar-refractivity contribution in [3.05, 3.63) is 71.6 Å². The molecule has 0 aliphatic carbocycles. The van der Waals surface area contributed by atoms with E-state index in [9.17, 15) is 14.0 Å². The highest BCUT2D eigenvalue weighted by Gasteiger charge is 2.31. The van der Waals surface area contributed by atoms with Gasteiger partial charge in [0.25, 0.3) is 5.91 Å². The van der Waals surface area contributed by atoms with Gasteiger partial charge >= 0.3 is 6.03 Å². The number of carbonyl (C=O) groups excluding carboxylic acids is 2. The van der Waals surface area contributed by atoms with Gasteiger partial charge in [-0.3, -0.25) is 4.79 Å². The molecule has 3 aromatic rings. The number of hydrogen-bond donors (Lipinski definition) is 1. The van der Waals surface area contributed by atoms with Gasteiger partial charge in [0.2, 0.25) is 5.95 Å². The van der Waals surface area contributed by atoms with Gasteiger partial charge in [-0.2, -0.15) is 14.2 Å². The molecule has 1 saturated heterocycles. The molecule has 2 aliphatic rings. The van der Waals surface area contributed by atoms with Gasteiger partial charge in [0.05, 0.1) is 31.0 Å². The van der Waals surface area contributed by atoms with E-state index in [1.807, 2.05) is 6.07 Å². The minimum Gasteiger partial charge on any atom is -0.489 e. The lowest BCUT2D eigenvalue weighted by atomic mass is 10.1. The number of likely N-dealkylation sites (N-methyl/N-ethyl adjacent to an activating group) is 1. The van der Waals surface area contributed by atoms with Gasteiger partial charge in [-0.25, -0.2) is 9.78 Å². The summed E-state index contributed by atoms with van der Waals surface area (Å²) in [5, 5.41) is 6.73. The molecule has 2 aliphatic heterocycles. The van der Waals surface area contributed by atoms with Gasteiger partial charge in [-0.15, -0.1) is 0 Å². The maximum absolute atomic E-state index is 13.3. The van der Waals surface area contributed by atoms with Crippen LogP contribution in [0.4, 0.5) is 14.9 Å². The van der Waals surface area contributed by atoms with E-state index >= 15 is 0 Å². The number of aromatic nitrogens is 3. The third kappa shape index (κ3) is 5.00. The highest BCUT2D eigenvalue weighted by atomic mass is 19.1. The topological polar surface area (TPSA) is 98.6 Å². The summed E-state index contributed by atoms with van der Waals surface area (Å²) in [6.07, 6.45) is 3.33. The quantitative estimate of drug-likeness (QED) is 0.460. The van der Waals surface area contributed by atoms with Crippen molar-refractivity contribution in [3.63, 3.8) is 0 Å². The summed E-state index contributed by atoms with van der Waals surface area (Å²) in [5.41, 5.74) is 2.53. The average Bonchev–Trinajstić information content (AvgIpc) is 3.24. The highest BCUT2D eigenvalue weighted by molar-refractivity contribution is 6.00. The predicted octanol–water partition coefficient (Wildman–Crippen LogP) is 1.99. The van der Waals surface area contributed by atoms with Crippen LogP contribution in [0.25, 0.3) is 0 Å². The molecule has 2 amide bonds. The SMILES string of the molecule is CN1C(=O)C(NC(=O)n2cc(Cc3cccc(F)n3)cn2)COc2ccc(C#CC3COC3)cc21. The third-order valence-electron chi connectivity index (χ3n) is 5.71. The standard InChI is InChI=1S/C25H22FN5O4/c1-30-21-10-16(5-6-17-13-34-14-17)7-8-22(21)35-15-20(24(30)32)29-25(33)31-12-18(11-27-31)9-19-3-2-4-23(26)28-19/h2-4,7-8,10-12,17,20H,9,13-15H2,1H3,(H,29,33). The summed E-state index contributed by atoms with van der Waals surface area (Å²) in [4.78, 5) is 31.1. The highest BCUT2D eigenvalue weighted by Crippen LogP contribution is 2.31. The monoisotopic (exact) mass is 475 g/mol. The molecular weight excluding hydrogens is 453 g/mol. The van der Waals surface area contributed by atoms with Crippen LogP contribution in [0, 0.1) is 23.7 Å². The normalized spacial score (nSPS) is 17.4. The second-order valence-electron chi connectivity index (χ2n) is 8.32. The number of hydrogen-bond acceptors (Lipinski definition) is 6. The Morgan fingerprint density at radius 1 is 1.26 bits per heavy atom. The largest absolute Gasteiger partial charge is 0.489 e. The van der Waals surface area contributed by atoms with Gasteiger partial charge in [-0.1, -0.05) is 17.9 Å². The van der Waals surface area contributed by atoms with E-state index in [0.717, 1.165) is 10.2 Å². The lowest BCUT2D eigenvalue weighted by Crippen LogP contribution is -2.50. The molecule has 178 valence electrons. The zero-order valence-electron chi connectivity index (χ0n) is 18.9. The van der Waals surface area contributed by atoms with Crippen molar-refractivity contribution in [2.75, 3.05) is 31.8 Å². The number of benzene rings is 1. The molecule has 35 heavy (non-hydrogen) atoms. The molecule has 0 spiro atoms. The number of halogens is 1. The Labute approximate surface area is 200 Å². The molecule has 0 radical (unpaired) electrons. The van der Waals surface area contributed by atoms with Gasteiger partial charge in [0.1, 0.15) is 18.4 Å². The van der Waals surface area contributed by atoms with E-state index in [1.54, 1.807) is 31.3 Å². The van der Waals surface area contributed by atoms with Crippen LogP contribution in [0.3, 0.4) is 0 Å². The zero-order valence-corrected chi connectivity index (χ0v) is 18.9. The molecule has 0 saturated carbocycles. The number of ether oxygens (including phenoxy) is 2. The molecule has 1 aromatic carbocycles. The van der Waals surface area contributed by atoms with Crippen molar-refractivity contribution in [2.24, 2.45) is 5.92 Å². The molecule has 10 heteroatoms. The number of nitrogens with one attached hydrogen (secondary N) is 1. The summed E-state index contributed by atoms with van der Waals surface area (Å²) in [6.45, 7) is 1.24. The Kier molecular flexibility index (Phi) is 6.16. The van der Waals surface area contributed by atoms with E-state index in [-0.39, 0.29) is 18.4 Å². The lowest BCUT2D eigenvalue weighted by Gasteiger charge is -2.21. The van der Waals surface area contributed by atoms with Gasteiger partial charge in [0.15, 0.2) is 0 Å². The number of rotatable bonds is 3. The summed E-state index contributed by atoms with van der Waals surface area (Å²) in [6, 6.07) is 8.42. The van der Waals surface area contributed by atoms with Crippen molar-refractivity contribution in [1.82, 2.24) is 20.1 Å². The fraction of sp³-hybridized carbons (Fsp3) is 0.280. The molecule has 1 fully saturated rings. The fourth-order valence-electron chi connectivity index (χ4n) is 3.72. The Bertz CT molecular complexity index is 1340. The summed E-state index contributed by atoms with van der Waals surface area (Å²) >= 11 is 0. The van der Waals surface area contributed by atoms with Gasteiger partial charge in [0, 0.05) is 30.9 Å². The molecular formula is C25H22FN5O4. The van der Waals surface area contributed by atoms with E-state index in [0.29, 0.717) is 42.3 Å². The van der Waals surface area contributed by atoms with Gasteiger partial charge in [-0.05, 0) is 35.9 Å². The third-order valence-corrected chi connectivity index (χ3v) is 5.71. The van der Waals surface area contributed by atoms with Crippen molar-refractivity contribution < 1.29 is 23.5 Å². The first-order chi connectivity index (χ1) is 17.0. The maximum atomic E-state index is 13.3. The zero-order chi connectivity index (χ0) is 24.4. The number of carbonyl (C=O) groups is 2. The van der Waals surface area contributed by atoms with Crippen LogP contribution in [0.2, 0.25) is 0 Å². The van der Waals surface area contributed by atoms with Crippen LogP contribution in [-0.4, -0.2) is 59.6 Å². The Morgan fingerprint density at radius 3 is 2.89 bits per heavy atom. The Hall–Kier alpha value is -4.23. The van der Waals surface area contributed by atoms with Crippen molar-refractivity contribution in [2.45, 2.75) is 12.5 Å². The first-order valence-electron chi connectivity index (χ1n) is 11.1. The molecule has 2 aromatic heterocycles. The minimum absolute atomic E-state index is 0.0340. The van der Waals surface area contributed by atoms with E-state index in [2.05, 4.69) is 27.2 Å². The second kappa shape index (κ2) is 9.56. The molecule has 1 atom stereocenters. The van der Waals surface area contributed by atoms with Crippen LogP contribution in [-0.2, 0) is 16.0 Å². The Morgan fingerprint density at radius 2 is 2.11 bits per heavy atom. The maximum Gasteiger partial charge on any atom is 0.342 e. The van der Waals surface area contributed by atoms with Crippen LogP contribution in [0.5, 0.6) is 5.75 Å². The summed E-state index contributed by atoms with van der Waals surface area (Å²) in [7, 11) is 1.63. The lowest BCUT2D eigenvalue weighted by molar-refractivity contribution is -0.120. The van der Waals surface area contributed by atoms with Crippen LogP contribution >= 0.6 is 0 Å². The van der Waals surface area contributed by atoms with Crippen LogP contribution in [0.15, 0.2) is 48.8 Å². The van der Waals surface area contributed by atoms with Crippen molar-refractivity contribution in [3.8, 4) is 17.6 Å². The molecule has 0 bridgehead atoms. The summed E-state index contributed by atoms with van der Waals surface area (Å²) in [5.74, 6) is 6.12. The molecule has 4 heterocycles. The van der Waals surface area contributed by atoms with Crippen molar-refractivity contribution in [1.29, 1.82) is 0 Å². The number of fused-ring (bicyclic) bond motifs is 1. The number of anilines is 1. The number of amides is 2. The number of nitrogens with zero attached hydrogens (tertiary/aromatic N) is 4. The molecule has 1 N–H and O–H groups in total. The fourth-order valence-corrected chi connectivity index (χ4v) is 3.72. The average molecular weight is 475 g/mol. The molecule has 1 unspecified atom stereocenters. The Balaban J connectivity index is 1.26. The second-order valence-corrected chi connectivity index (χ2v) is 8.32. The molecule has 5 rings (SSSR count). The summed E-state index contributed by atoms with van der Waals surface area (Å²) < 4.78 is 25.4.